The lowest BCUT2D eigenvalue weighted by Gasteiger charge is -2.40. The maximum Gasteiger partial charge on any atom is 0.354 e. The van der Waals surface area contributed by atoms with Gasteiger partial charge in [0.2, 0.25) is 10.0 Å². The van der Waals surface area contributed by atoms with Crippen LogP contribution in [0.3, 0.4) is 0 Å². The van der Waals surface area contributed by atoms with Gasteiger partial charge in [0.25, 0.3) is 0 Å². The zero-order chi connectivity index (χ0) is 18.0. The molecule has 1 saturated carbocycles. The molecule has 2 heterocycles. The predicted octanol–water partition coefficient (Wildman–Crippen LogP) is 1.45. The van der Waals surface area contributed by atoms with Gasteiger partial charge in [-0.15, -0.1) is 0 Å². The van der Waals surface area contributed by atoms with E-state index in [4.69, 9.17) is 4.74 Å². The maximum absolute atomic E-state index is 12.9. The smallest absolute Gasteiger partial charge is 0.354 e. The van der Waals surface area contributed by atoms with Gasteiger partial charge in [-0.3, -0.25) is 4.90 Å². The fourth-order valence-electron chi connectivity index (χ4n) is 3.89. The van der Waals surface area contributed by atoms with Crippen molar-refractivity contribution in [1.82, 2.24) is 13.8 Å². The van der Waals surface area contributed by atoms with Crippen molar-refractivity contribution in [1.29, 1.82) is 0 Å². The van der Waals surface area contributed by atoms with E-state index in [2.05, 4.69) is 4.90 Å². The van der Waals surface area contributed by atoms with Crippen molar-refractivity contribution in [2.45, 2.75) is 43.0 Å². The molecule has 2 fully saturated rings. The quantitative estimate of drug-likeness (QED) is 0.751. The summed E-state index contributed by atoms with van der Waals surface area (Å²) in [5.41, 5.74) is 0.238. The number of ether oxygens (including phenoxy) is 1. The van der Waals surface area contributed by atoms with Crippen LogP contribution in [-0.2, 0) is 21.8 Å². The molecule has 7 nitrogen and oxygen atoms in total. The molecule has 0 amide bonds. The van der Waals surface area contributed by atoms with Crippen LogP contribution in [0.5, 0.6) is 0 Å². The number of hydrogen-bond donors (Lipinski definition) is 0. The van der Waals surface area contributed by atoms with Crippen molar-refractivity contribution in [2.24, 2.45) is 7.05 Å². The van der Waals surface area contributed by atoms with E-state index >= 15 is 0 Å². The second kappa shape index (κ2) is 7.47. The Labute approximate surface area is 149 Å². The molecule has 1 saturated heterocycles. The summed E-state index contributed by atoms with van der Waals surface area (Å²) in [5, 5.41) is 0. The molecule has 3 rings (SSSR count). The number of nitrogens with zero attached hydrogens (tertiary/aromatic N) is 3. The maximum atomic E-state index is 12.9. The van der Waals surface area contributed by atoms with Gasteiger partial charge >= 0.3 is 5.97 Å². The Morgan fingerprint density at radius 1 is 1.12 bits per heavy atom. The summed E-state index contributed by atoms with van der Waals surface area (Å²) in [6.45, 7) is 2.56. The number of carbonyl (C=O) groups is 1. The second-order valence-electron chi connectivity index (χ2n) is 6.90. The number of esters is 1. The summed E-state index contributed by atoms with van der Waals surface area (Å²) in [6.07, 6.45) is 7.82. The van der Waals surface area contributed by atoms with E-state index in [1.54, 1.807) is 7.05 Å². The van der Waals surface area contributed by atoms with Crippen molar-refractivity contribution in [3.63, 3.8) is 0 Å². The molecular weight excluding hydrogens is 342 g/mol. The highest BCUT2D eigenvalue weighted by atomic mass is 32.2. The van der Waals surface area contributed by atoms with Gasteiger partial charge in [0.15, 0.2) is 0 Å². The first kappa shape index (κ1) is 18.4. The molecule has 0 atom stereocenters. The second-order valence-corrected chi connectivity index (χ2v) is 8.83. The predicted molar refractivity (Wildman–Crippen MR) is 94.0 cm³/mol. The normalized spacial score (nSPS) is 21.4. The average molecular weight is 369 g/mol. The van der Waals surface area contributed by atoms with Gasteiger partial charge in [-0.2, -0.15) is 4.31 Å². The van der Waals surface area contributed by atoms with Gasteiger partial charge in [0, 0.05) is 45.5 Å². The van der Waals surface area contributed by atoms with Crippen LogP contribution in [0.15, 0.2) is 17.2 Å². The Kier molecular flexibility index (Phi) is 5.50. The fraction of sp³-hybridized carbons (Fsp3) is 0.706. The molecule has 0 N–H and O–H groups in total. The summed E-state index contributed by atoms with van der Waals surface area (Å²) in [4.78, 5) is 14.3. The first-order chi connectivity index (χ1) is 11.9. The van der Waals surface area contributed by atoms with E-state index in [0.717, 1.165) is 13.1 Å². The van der Waals surface area contributed by atoms with Crippen molar-refractivity contribution in [3.8, 4) is 0 Å². The highest BCUT2D eigenvalue weighted by Gasteiger charge is 2.32. The lowest BCUT2D eigenvalue weighted by atomic mass is 9.94. The number of rotatable bonds is 4. The van der Waals surface area contributed by atoms with Crippen LogP contribution in [0.4, 0.5) is 0 Å². The molecule has 0 unspecified atom stereocenters. The third-order valence-corrected chi connectivity index (χ3v) is 7.24. The van der Waals surface area contributed by atoms with E-state index in [0.29, 0.717) is 19.1 Å². The van der Waals surface area contributed by atoms with Crippen molar-refractivity contribution < 1.29 is 17.9 Å². The molecule has 8 heteroatoms. The number of aromatic nitrogens is 1. The molecule has 25 heavy (non-hydrogen) atoms. The van der Waals surface area contributed by atoms with Gasteiger partial charge in [-0.05, 0) is 18.9 Å². The lowest BCUT2D eigenvalue weighted by molar-refractivity contribution is 0.0590. The number of sulfonamides is 1. The van der Waals surface area contributed by atoms with Gasteiger partial charge in [0.1, 0.15) is 10.6 Å². The summed E-state index contributed by atoms with van der Waals surface area (Å²) < 4.78 is 33.5. The van der Waals surface area contributed by atoms with Crippen molar-refractivity contribution in [2.75, 3.05) is 33.3 Å². The molecule has 1 aliphatic heterocycles. The van der Waals surface area contributed by atoms with Crippen LogP contribution in [-0.4, -0.2) is 67.5 Å². The van der Waals surface area contributed by atoms with Crippen LogP contribution >= 0.6 is 0 Å². The first-order valence-corrected chi connectivity index (χ1v) is 10.4. The van der Waals surface area contributed by atoms with Crippen LogP contribution in [0.2, 0.25) is 0 Å². The minimum absolute atomic E-state index is 0.154. The molecule has 0 radical (unpaired) electrons. The highest BCUT2D eigenvalue weighted by molar-refractivity contribution is 7.89. The zero-order valence-corrected chi connectivity index (χ0v) is 15.8. The van der Waals surface area contributed by atoms with Crippen LogP contribution in [0.25, 0.3) is 0 Å². The molecule has 2 aliphatic rings. The fourth-order valence-corrected chi connectivity index (χ4v) is 5.38. The van der Waals surface area contributed by atoms with Gasteiger partial charge in [0.05, 0.1) is 7.11 Å². The highest BCUT2D eigenvalue weighted by Crippen LogP contribution is 2.25. The molecule has 0 spiro atoms. The Morgan fingerprint density at radius 2 is 1.76 bits per heavy atom. The molecule has 1 aliphatic carbocycles. The van der Waals surface area contributed by atoms with E-state index in [-0.39, 0.29) is 10.6 Å². The SMILES string of the molecule is COC(=O)c1cc(S(=O)(=O)N2CCN(C3CCCCC3)CC2)cn1C. The number of carbonyl (C=O) groups excluding carboxylic acids is 1. The molecule has 1 aromatic heterocycles. The van der Waals surface area contributed by atoms with Crippen LogP contribution in [0, 0.1) is 0 Å². The zero-order valence-electron chi connectivity index (χ0n) is 15.0. The van der Waals surface area contributed by atoms with Gasteiger partial charge < -0.3 is 9.30 Å². The van der Waals surface area contributed by atoms with Crippen molar-refractivity contribution in [3.05, 3.63) is 18.0 Å². The molecule has 1 aromatic rings. The number of aryl methyl sites for hydroxylation is 1. The third kappa shape index (κ3) is 3.75. The van der Waals surface area contributed by atoms with Gasteiger partial charge in [-0.1, -0.05) is 19.3 Å². The molecule has 0 aromatic carbocycles. The van der Waals surface area contributed by atoms with Crippen molar-refractivity contribution >= 4 is 16.0 Å². The molecular formula is C17H27N3O4S. The van der Waals surface area contributed by atoms with E-state index in [1.807, 2.05) is 0 Å². The third-order valence-electron chi connectivity index (χ3n) is 5.38. The number of hydrogen-bond acceptors (Lipinski definition) is 5. The monoisotopic (exact) mass is 369 g/mol. The van der Waals surface area contributed by atoms with E-state index in [1.165, 1.54) is 60.3 Å². The van der Waals surface area contributed by atoms with Crippen LogP contribution in [0.1, 0.15) is 42.6 Å². The number of piperazine rings is 1. The first-order valence-electron chi connectivity index (χ1n) is 8.92. The Bertz CT molecular complexity index is 714. The summed E-state index contributed by atoms with van der Waals surface area (Å²) in [7, 11) is -0.651. The molecule has 140 valence electrons. The lowest BCUT2D eigenvalue weighted by Crippen LogP contribution is -2.52. The Morgan fingerprint density at radius 3 is 2.36 bits per heavy atom. The van der Waals surface area contributed by atoms with E-state index < -0.39 is 16.0 Å². The average Bonchev–Trinajstić information content (AvgIpc) is 3.04. The minimum atomic E-state index is -3.58. The largest absolute Gasteiger partial charge is 0.464 e. The Balaban J connectivity index is 1.68. The summed E-state index contributed by atoms with van der Waals surface area (Å²) >= 11 is 0. The summed E-state index contributed by atoms with van der Waals surface area (Å²) in [5.74, 6) is -0.536. The Hall–Kier alpha value is -1.38. The minimum Gasteiger partial charge on any atom is -0.464 e. The van der Waals surface area contributed by atoms with Crippen LogP contribution < -0.4 is 0 Å². The standard InChI is InChI=1S/C17H27N3O4S/c1-18-13-15(12-16(18)17(21)24-2)25(22,23)20-10-8-19(9-11-20)14-6-4-3-5-7-14/h12-14H,3-11H2,1-2H3. The number of methoxy groups -OCH3 is 1. The summed E-state index contributed by atoms with van der Waals surface area (Å²) in [6, 6.07) is 2.01. The van der Waals surface area contributed by atoms with Gasteiger partial charge in [-0.25, -0.2) is 13.2 Å². The molecule has 0 bridgehead atoms. The topological polar surface area (TPSA) is 71.8 Å². The van der Waals surface area contributed by atoms with E-state index in [9.17, 15) is 13.2 Å².